The van der Waals surface area contributed by atoms with E-state index in [1.165, 1.54) is 0 Å². The molecule has 0 aromatic heterocycles. The number of primary amides is 1. The molecule has 2 N–H and O–H groups in total. The number of carbonyl (C=O) groups excluding carboxylic acids is 1. The largest absolute Gasteiger partial charge is 0.384 e. The van der Waals surface area contributed by atoms with Crippen LogP contribution >= 0.6 is 0 Å². The minimum absolute atomic E-state index is 0.107. The van der Waals surface area contributed by atoms with Crippen LogP contribution in [-0.4, -0.2) is 19.6 Å². The first-order valence-electron chi connectivity index (χ1n) is 4.02. The van der Waals surface area contributed by atoms with Crippen molar-refractivity contribution in [3.05, 3.63) is 0 Å². The van der Waals surface area contributed by atoms with E-state index in [0.29, 0.717) is 5.92 Å². The van der Waals surface area contributed by atoms with Crippen LogP contribution in [0.1, 0.15) is 19.3 Å². The fourth-order valence-corrected chi connectivity index (χ4v) is 1.72. The van der Waals surface area contributed by atoms with Crippen LogP contribution in [0.3, 0.4) is 0 Å². The van der Waals surface area contributed by atoms with Crippen molar-refractivity contribution in [1.29, 1.82) is 0 Å². The van der Waals surface area contributed by atoms with Gasteiger partial charge in [-0.3, -0.25) is 4.79 Å². The molecule has 0 spiro atoms. The maximum atomic E-state index is 10.7. The molecule has 3 heteroatoms. The first kappa shape index (κ1) is 8.53. The zero-order valence-electron chi connectivity index (χ0n) is 6.88. The fraction of sp³-hybridized carbons (Fsp3) is 0.875. The number of nitrogens with two attached hydrogens (primary N) is 1. The van der Waals surface area contributed by atoms with E-state index in [1.54, 1.807) is 7.11 Å². The maximum Gasteiger partial charge on any atom is 0.220 e. The highest BCUT2D eigenvalue weighted by atomic mass is 16.5. The lowest BCUT2D eigenvalue weighted by Crippen LogP contribution is -2.21. The van der Waals surface area contributed by atoms with Crippen molar-refractivity contribution in [3.63, 3.8) is 0 Å². The number of hydrogen-bond donors (Lipinski definition) is 1. The molecule has 0 aromatic carbocycles. The van der Waals surface area contributed by atoms with Gasteiger partial charge in [-0.1, -0.05) is 0 Å². The average Bonchev–Trinajstić information content (AvgIpc) is 2.37. The van der Waals surface area contributed by atoms with Gasteiger partial charge in [0.2, 0.25) is 5.91 Å². The molecule has 11 heavy (non-hydrogen) atoms. The van der Waals surface area contributed by atoms with Crippen LogP contribution in [0, 0.1) is 11.8 Å². The molecule has 0 aromatic rings. The van der Waals surface area contributed by atoms with Crippen LogP contribution < -0.4 is 5.73 Å². The number of rotatable bonds is 3. The van der Waals surface area contributed by atoms with Crippen LogP contribution in [0.25, 0.3) is 0 Å². The summed E-state index contributed by atoms with van der Waals surface area (Å²) in [6.07, 6.45) is 2.95. The normalized spacial score (nSPS) is 30.6. The SMILES string of the molecule is COCC1CCC(C(N)=O)C1. The van der Waals surface area contributed by atoms with Gasteiger partial charge in [0.05, 0.1) is 0 Å². The lowest BCUT2D eigenvalue weighted by Gasteiger charge is -2.06. The van der Waals surface area contributed by atoms with Crippen molar-refractivity contribution < 1.29 is 9.53 Å². The second kappa shape index (κ2) is 3.72. The average molecular weight is 157 g/mol. The molecule has 1 aliphatic carbocycles. The second-order valence-corrected chi connectivity index (χ2v) is 3.23. The molecule has 1 saturated carbocycles. The second-order valence-electron chi connectivity index (χ2n) is 3.23. The molecule has 1 rings (SSSR count). The highest BCUT2D eigenvalue weighted by Crippen LogP contribution is 2.30. The third kappa shape index (κ3) is 2.19. The number of ether oxygens (including phenoxy) is 1. The van der Waals surface area contributed by atoms with Gasteiger partial charge in [-0.15, -0.1) is 0 Å². The highest BCUT2D eigenvalue weighted by molar-refractivity contribution is 5.76. The minimum Gasteiger partial charge on any atom is -0.384 e. The van der Waals surface area contributed by atoms with E-state index in [9.17, 15) is 4.79 Å². The molecule has 0 heterocycles. The maximum absolute atomic E-state index is 10.7. The van der Waals surface area contributed by atoms with Crippen molar-refractivity contribution in [2.45, 2.75) is 19.3 Å². The Morgan fingerprint density at radius 3 is 2.82 bits per heavy atom. The first-order chi connectivity index (χ1) is 5.24. The minimum atomic E-state index is -0.149. The van der Waals surface area contributed by atoms with Crippen LogP contribution in [0.2, 0.25) is 0 Å². The first-order valence-corrected chi connectivity index (χ1v) is 4.02. The van der Waals surface area contributed by atoms with Gasteiger partial charge in [-0.2, -0.15) is 0 Å². The van der Waals surface area contributed by atoms with Gasteiger partial charge in [0.25, 0.3) is 0 Å². The molecule has 0 radical (unpaired) electrons. The Balaban J connectivity index is 2.29. The summed E-state index contributed by atoms with van der Waals surface area (Å²) in [5.74, 6) is 0.510. The summed E-state index contributed by atoms with van der Waals surface area (Å²) >= 11 is 0. The smallest absolute Gasteiger partial charge is 0.220 e. The summed E-state index contributed by atoms with van der Waals surface area (Å²) in [7, 11) is 1.69. The zero-order chi connectivity index (χ0) is 8.27. The summed E-state index contributed by atoms with van der Waals surface area (Å²) in [5, 5.41) is 0. The molecule has 2 atom stereocenters. The Bertz CT molecular complexity index is 147. The molecule has 0 saturated heterocycles. The van der Waals surface area contributed by atoms with E-state index in [0.717, 1.165) is 25.9 Å². The van der Waals surface area contributed by atoms with Crippen LogP contribution in [0.4, 0.5) is 0 Å². The molecule has 0 bridgehead atoms. The Morgan fingerprint density at radius 1 is 1.64 bits per heavy atom. The molecular formula is C8H15NO2. The predicted molar refractivity (Wildman–Crippen MR) is 41.9 cm³/mol. The van der Waals surface area contributed by atoms with E-state index in [4.69, 9.17) is 10.5 Å². The lowest BCUT2D eigenvalue weighted by atomic mass is 10.1. The van der Waals surface area contributed by atoms with Crippen molar-refractivity contribution in [2.75, 3.05) is 13.7 Å². The van der Waals surface area contributed by atoms with Gasteiger partial charge in [-0.05, 0) is 25.2 Å². The van der Waals surface area contributed by atoms with E-state index < -0.39 is 0 Å². The third-order valence-corrected chi connectivity index (χ3v) is 2.35. The van der Waals surface area contributed by atoms with Gasteiger partial charge >= 0.3 is 0 Å². The predicted octanol–water partition coefficient (Wildman–Crippen LogP) is 0.534. The number of carbonyl (C=O) groups is 1. The highest BCUT2D eigenvalue weighted by Gasteiger charge is 2.27. The molecule has 1 fully saturated rings. The molecule has 1 aliphatic rings. The van der Waals surface area contributed by atoms with E-state index in [2.05, 4.69) is 0 Å². The van der Waals surface area contributed by atoms with E-state index in [-0.39, 0.29) is 11.8 Å². The Hall–Kier alpha value is -0.570. The van der Waals surface area contributed by atoms with Crippen molar-refractivity contribution in [1.82, 2.24) is 0 Å². The summed E-state index contributed by atoms with van der Waals surface area (Å²) in [5.41, 5.74) is 5.18. The summed E-state index contributed by atoms with van der Waals surface area (Å²) in [6.45, 7) is 0.768. The van der Waals surface area contributed by atoms with Gasteiger partial charge in [0.1, 0.15) is 0 Å². The number of amides is 1. The molecule has 2 unspecified atom stereocenters. The third-order valence-electron chi connectivity index (χ3n) is 2.35. The monoisotopic (exact) mass is 157 g/mol. The van der Waals surface area contributed by atoms with E-state index in [1.807, 2.05) is 0 Å². The molecular weight excluding hydrogens is 142 g/mol. The van der Waals surface area contributed by atoms with Gasteiger partial charge in [0, 0.05) is 19.6 Å². The summed E-state index contributed by atoms with van der Waals surface area (Å²) in [6, 6.07) is 0. The summed E-state index contributed by atoms with van der Waals surface area (Å²) in [4.78, 5) is 10.7. The quantitative estimate of drug-likeness (QED) is 0.649. The number of methoxy groups -OCH3 is 1. The Kier molecular flexibility index (Phi) is 2.88. The van der Waals surface area contributed by atoms with Crippen molar-refractivity contribution in [2.24, 2.45) is 17.6 Å². The lowest BCUT2D eigenvalue weighted by molar-refractivity contribution is -0.121. The molecule has 3 nitrogen and oxygen atoms in total. The molecule has 0 aliphatic heterocycles. The van der Waals surface area contributed by atoms with Crippen LogP contribution in [0.15, 0.2) is 0 Å². The zero-order valence-corrected chi connectivity index (χ0v) is 6.88. The molecule has 64 valence electrons. The Morgan fingerprint density at radius 2 is 2.36 bits per heavy atom. The van der Waals surface area contributed by atoms with E-state index >= 15 is 0 Å². The fourth-order valence-electron chi connectivity index (χ4n) is 1.72. The number of hydrogen-bond acceptors (Lipinski definition) is 2. The van der Waals surface area contributed by atoms with Crippen molar-refractivity contribution >= 4 is 5.91 Å². The van der Waals surface area contributed by atoms with Crippen LogP contribution in [0.5, 0.6) is 0 Å². The molecule has 1 amide bonds. The van der Waals surface area contributed by atoms with Crippen LogP contribution in [-0.2, 0) is 9.53 Å². The van der Waals surface area contributed by atoms with Gasteiger partial charge in [-0.25, -0.2) is 0 Å². The topological polar surface area (TPSA) is 52.3 Å². The standard InChI is InChI=1S/C8H15NO2/c1-11-5-6-2-3-7(4-6)8(9)10/h6-7H,2-5H2,1H3,(H2,9,10). The summed E-state index contributed by atoms with van der Waals surface area (Å²) < 4.78 is 5.00. The Labute approximate surface area is 66.9 Å². The van der Waals surface area contributed by atoms with Gasteiger partial charge < -0.3 is 10.5 Å². The van der Waals surface area contributed by atoms with Gasteiger partial charge in [0.15, 0.2) is 0 Å². The van der Waals surface area contributed by atoms with Crippen molar-refractivity contribution in [3.8, 4) is 0 Å².